The first-order chi connectivity index (χ1) is 16.4. The van der Waals surface area contributed by atoms with Crippen LogP contribution in [0.3, 0.4) is 0 Å². The molecule has 0 aromatic carbocycles. The van der Waals surface area contributed by atoms with E-state index in [1.807, 2.05) is 0 Å². The zero-order chi connectivity index (χ0) is 24.1. The van der Waals surface area contributed by atoms with E-state index >= 15 is 0 Å². The highest BCUT2D eigenvalue weighted by Crippen LogP contribution is 2.37. The smallest absolute Gasteiger partial charge is 0.225 e. The molecule has 6 nitrogen and oxygen atoms in total. The van der Waals surface area contributed by atoms with Crippen molar-refractivity contribution in [2.45, 2.75) is 127 Å². The van der Waals surface area contributed by atoms with Gasteiger partial charge in [-0.1, -0.05) is 26.2 Å². The zero-order valence-corrected chi connectivity index (χ0v) is 22.0. The third-order valence-corrected chi connectivity index (χ3v) is 11.7. The summed E-state index contributed by atoms with van der Waals surface area (Å²) >= 11 is 0. The van der Waals surface area contributed by atoms with Gasteiger partial charge in [0, 0.05) is 36.7 Å². The van der Waals surface area contributed by atoms with E-state index in [2.05, 4.69) is 10.2 Å². The quantitative estimate of drug-likeness (QED) is 0.560. The number of amides is 2. The van der Waals surface area contributed by atoms with Crippen molar-refractivity contribution < 1.29 is 18.0 Å². The highest BCUT2D eigenvalue weighted by Gasteiger charge is 2.39. The van der Waals surface area contributed by atoms with Crippen LogP contribution in [0.5, 0.6) is 0 Å². The molecule has 0 bridgehead atoms. The summed E-state index contributed by atoms with van der Waals surface area (Å²) in [6.07, 6.45) is 16.1. The Labute approximate surface area is 206 Å². The van der Waals surface area contributed by atoms with Crippen LogP contribution >= 0.6 is 0 Å². The number of sulfone groups is 1. The van der Waals surface area contributed by atoms with E-state index in [0.717, 1.165) is 51.5 Å². The molecule has 4 rings (SSSR count). The molecule has 0 radical (unpaired) electrons. The topological polar surface area (TPSA) is 83.5 Å². The lowest BCUT2D eigenvalue weighted by Gasteiger charge is -2.37. The van der Waals surface area contributed by atoms with Gasteiger partial charge in [-0.3, -0.25) is 9.59 Å². The van der Waals surface area contributed by atoms with Gasteiger partial charge in [-0.25, -0.2) is 8.42 Å². The summed E-state index contributed by atoms with van der Waals surface area (Å²) in [6.45, 7) is 2.66. The number of hydrogen-bond acceptors (Lipinski definition) is 4. The van der Waals surface area contributed by atoms with Gasteiger partial charge in [0.2, 0.25) is 11.8 Å². The van der Waals surface area contributed by atoms with Crippen molar-refractivity contribution >= 4 is 21.7 Å². The molecular formula is C27H46N2O4S. The maximum absolute atomic E-state index is 13.4. The fourth-order valence-corrected chi connectivity index (χ4v) is 8.74. The molecule has 3 saturated carbocycles. The average molecular weight is 495 g/mol. The summed E-state index contributed by atoms with van der Waals surface area (Å²) in [6, 6.07) is 0.661. The van der Waals surface area contributed by atoms with Crippen molar-refractivity contribution in [2.75, 3.05) is 12.3 Å². The van der Waals surface area contributed by atoms with Crippen LogP contribution in [0.1, 0.15) is 110 Å². The minimum absolute atomic E-state index is 0.105. The minimum Gasteiger partial charge on any atom is -0.353 e. The lowest BCUT2D eigenvalue weighted by molar-refractivity contribution is -0.138. The van der Waals surface area contributed by atoms with E-state index in [9.17, 15) is 18.0 Å². The van der Waals surface area contributed by atoms with Crippen LogP contribution in [0.15, 0.2) is 0 Å². The highest BCUT2D eigenvalue weighted by atomic mass is 32.2. The summed E-state index contributed by atoms with van der Waals surface area (Å²) in [5.74, 6) is 1.85. The molecule has 4 aliphatic rings. The molecule has 1 saturated heterocycles. The molecule has 34 heavy (non-hydrogen) atoms. The van der Waals surface area contributed by atoms with E-state index in [1.54, 1.807) is 6.92 Å². The van der Waals surface area contributed by atoms with Crippen LogP contribution in [-0.4, -0.2) is 54.8 Å². The maximum atomic E-state index is 13.4. The van der Waals surface area contributed by atoms with Crippen LogP contribution in [0.25, 0.3) is 0 Å². The summed E-state index contributed by atoms with van der Waals surface area (Å²) in [4.78, 5) is 28.3. The fraction of sp³-hybridized carbons (Fsp3) is 0.926. The van der Waals surface area contributed by atoms with Crippen molar-refractivity contribution in [3.05, 3.63) is 0 Å². The van der Waals surface area contributed by atoms with Gasteiger partial charge in [-0.2, -0.15) is 0 Å². The SMILES string of the molecule is CCS(=O)(=O)C1CCC(CC(=O)NC2CCC(C(=O)N3CCCC3C3CCCCC3)CC2)CC1. The Morgan fingerprint density at radius 3 is 2.15 bits per heavy atom. The summed E-state index contributed by atoms with van der Waals surface area (Å²) in [7, 11) is -2.96. The molecule has 0 aromatic rings. The van der Waals surface area contributed by atoms with Gasteiger partial charge in [-0.05, 0) is 88.9 Å². The largest absolute Gasteiger partial charge is 0.353 e. The monoisotopic (exact) mass is 494 g/mol. The minimum atomic E-state index is -2.96. The van der Waals surface area contributed by atoms with E-state index in [1.165, 1.54) is 38.5 Å². The van der Waals surface area contributed by atoms with Gasteiger partial charge in [0.25, 0.3) is 0 Å². The second-order valence-electron chi connectivity index (χ2n) is 11.6. The lowest BCUT2D eigenvalue weighted by atomic mass is 9.81. The van der Waals surface area contributed by atoms with Crippen molar-refractivity contribution in [1.29, 1.82) is 0 Å². The number of likely N-dealkylation sites (tertiary alicyclic amines) is 1. The molecule has 1 atom stereocenters. The number of rotatable bonds is 7. The van der Waals surface area contributed by atoms with Gasteiger partial charge in [-0.15, -0.1) is 0 Å². The Hall–Kier alpha value is -1.11. The Morgan fingerprint density at radius 2 is 1.50 bits per heavy atom. The first kappa shape index (κ1) is 26.0. The maximum Gasteiger partial charge on any atom is 0.225 e. The molecule has 1 unspecified atom stereocenters. The molecule has 1 N–H and O–H groups in total. The van der Waals surface area contributed by atoms with Crippen LogP contribution in [0.4, 0.5) is 0 Å². The van der Waals surface area contributed by atoms with Crippen molar-refractivity contribution in [1.82, 2.24) is 10.2 Å². The van der Waals surface area contributed by atoms with Gasteiger partial charge >= 0.3 is 0 Å². The van der Waals surface area contributed by atoms with Crippen LogP contribution in [0, 0.1) is 17.8 Å². The van der Waals surface area contributed by atoms with Crippen molar-refractivity contribution in [2.24, 2.45) is 17.8 Å². The number of nitrogens with one attached hydrogen (secondary N) is 1. The standard InChI is InChI=1S/C27H46N2O4S/c1-2-34(32,33)24-16-10-20(11-17-24)19-26(30)28-23-14-12-22(13-15-23)27(31)29-18-6-9-25(29)21-7-4-3-5-8-21/h20-25H,2-19H2,1H3,(H,28,30). The Bertz CT molecular complexity index is 791. The van der Waals surface area contributed by atoms with Gasteiger partial charge < -0.3 is 10.2 Å². The second-order valence-corrected chi connectivity index (χ2v) is 14.1. The Kier molecular flexibility index (Phi) is 8.97. The van der Waals surface area contributed by atoms with E-state index < -0.39 is 9.84 Å². The first-order valence-corrected chi connectivity index (χ1v) is 15.9. The molecule has 0 spiro atoms. The highest BCUT2D eigenvalue weighted by molar-refractivity contribution is 7.92. The predicted molar refractivity (Wildman–Crippen MR) is 135 cm³/mol. The van der Waals surface area contributed by atoms with Gasteiger partial charge in [0.1, 0.15) is 0 Å². The van der Waals surface area contributed by atoms with Crippen LogP contribution in [0.2, 0.25) is 0 Å². The number of carbonyl (C=O) groups is 2. The molecular weight excluding hydrogens is 448 g/mol. The van der Waals surface area contributed by atoms with Crippen molar-refractivity contribution in [3.63, 3.8) is 0 Å². The van der Waals surface area contributed by atoms with E-state index in [4.69, 9.17) is 0 Å². The Morgan fingerprint density at radius 1 is 0.824 bits per heavy atom. The summed E-state index contributed by atoms with van der Waals surface area (Å²) in [5.41, 5.74) is 0. The molecule has 2 amide bonds. The van der Waals surface area contributed by atoms with Crippen LogP contribution < -0.4 is 5.32 Å². The second kappa shape index (κ2) is 11.7. The molecule has 4 fully saturated rings. The molecule has 7 heteroatoms. The average Bonchev–Trinajstić information content (AvgIpc) is 3.35. The number of carbonyl (C=O) groups excluding carboxylic acids is 2. The van der Waals surface area contributed by atoms with Gasteiger partial charge in [0.15, 0.2) is 9.84 Å². The predicted octanol–water partition coefficient (Wildman–Crippen LogP) is 4.62. The fourth-order valence-electron chi connectivity index (χ4n) is 7.27. The molecule has 3 aliphatic carbocycles. The van der Waals surface area contributed by atoms with E-state index in [0.29, 0.717) is 43.0 Å². The third kappa shape index (κ3) is 6.36. The first-order valence-electron chi connectivity index (χ1n) is 14.2. The normalized spacial score (nSPS) is 33.6. The number of nitrogens with zero attached hydrogens (tertiary/aromatic N) is 1. The molecule has 0 aromatic heterocycles. The molecule has 194 valence electrons. The molecule has 1 aliphatic heterocycles. The third-order valence-electron chi connectivity index (χ3n) is 9.40. The van der Waals surface area contributed by atoms with Crippen molar-refractivity contribution in [3.8, 4) is 0 Å². The zero-order valence-electron chi connectivity index (χ0n) is 21.2. The van der Waals surface area contributed by atoms with E-state index in [-0.39, 0.29) is 28.9 Å². The van der Waals surface area contributed by atoms with Crippen LogP contribution in [-0.2, 0) is 19.4 Å². The summed E-state index contributed by atoms with van der Waals surface area (Å²) in [5, 5.41) is 3.02. The number of hydrogen-bond donors (Lipinski definition) is 1. The lowest BCUT2D eigenvalue weighted by Crippen LogP contribution is -2.46. The Balaban J connectivity index is 1.18. The summed E-state index contributed by atoms with van der Waals surface area (Å²) < 4.78 is 24.2. The van der Waals surface area contributed by atoms with Gasteiger partial charge in [0.05, 0.1) is 5.25 Å². The molecule has 1 heterocycles.